The summed E-state index contributed by atoms with van der Waals surface area (Å²) in [5.41, 5.74) is 2.53. The maximum absolute atomic E-state index is 4.47. The van der Waals surface area contributed by atoms with Gasteiger partial charge in [-0.2, -0.15) is 5.10 Å². The number of nitrogens with zero attached hydrogens (tertiary/aromatic N) is 2. The van der Waals surface area contributed by atoms with Gasteiger partial charge in [0.05, 0.1) is 25.3 Å². The zero-order valence-corrected chi connectivity index (χ0v) is 15.5. The zero-order valence-electron chi connectivity index (χ0n) is 11.0. The Morgan fingerprint density at radius 3 is 2.89 bits per heavy atom. The van der Waals surface area contributed by atoms with Crippen molar-refractivity contribution in [3.63, 3.8) is 0 Å². The fraction of sp³-hybridized carbons (Fsp3) is 0.462. The molecule has 0 spiro atoms. The third kappa shape index (κ3) is 3.59. The summed E-state index contributed by atoms with van der Waals surface area (Å²) in [6, 6.07) is 2.45. The summed E-state index contributed by atoms with van der Waals surface area (Å²) in [5, 5.41) is 10.3. The summed E-state index contributed by atoms with van der Waals surface area (Å²) < 4.78 is 4.49. The molecular formula is C13H17BrIN3S. The van der Waals surface area contributed by atoms with Crippen LogP contribution in [-0.4, -0.2) is 16.3 Å². The molecule has 0 saturated carbocycles. The van der Waals surface area contributed by atoms with E-state index in [9.17, 15) is 0 Å². The number of thiophene rings is 1. The molecule has 1 N–H and O–H groups in total. The lowest BCUT2D eigenvalue weighted by Gasteiger charge is -2.19. The molecule has 1 unspecified atom stereocenters. The van der Waals surface area contributed by atoms with Gasteiger partial charge in [0.15, 0.2) is 0 Å². The lowest BCUT2D eigenvalue weighted by Crippen LogP contribution is -2.25. The minimum atomic E-state index is 0.202. The van der Waals surface area contributed by atoms with Crippen LogP contribution >= 0.6 is 49.9 Å². The molecule has 0 aromatic carbocycles. The van der Waals surface area contributed by atoms with Crippen molar-refractivity contribution in [3.8, 4) is 0 Å². The standard InChI is InChI=1S/C13H17BrIN3S/c1-3-5-18-13(10(14)7-17-18)12(16-4-2)9-6-11(15)19-8-9/h6-8,12,16H,3-5H2,1-2H3. The normalized spacial score (nSPS) is 12.8. The molecule has 19 heavy (non-hydrogen) atoms. The number of halogens is 2. The first-order valence-corrected chi connectivity index (χ1v) is 9.11. The summed E-state index contributed by atoms with van der Waals surface area (Å²) in [7, 11) is 0. The minimum Gasteiger partial charge on any atom is -0.305 e. The predicted molar refractivity (Wildman–Crippen MR) is 92.8 cm³/mol. The van der Waals surface area contributed by atoms with Gasteiger partial charge in [0.2, 0.25) is 0 Å². The van der Waals surface area contributed by atoms with Crippen molar-refractivity contribution in [1.82, 2.24) is 15.1 Å². The molecule has 6 heteroatoms. The molecule has 2 rings (SSSR count). The minimum absolute atomic E-state index is 0.202. The van der Waals surface area contributed by atoms with Gasteiger partial charge in [-0.25, -0.2) is 0 Å². The molecule has 0 amide bonds. The van der Waals surface area contributed by atoms with Crippen LogP contribution in [0.1, 0.15) is 37.6 Å². The van der Waals surface area contributed by atoms with Crippen molar-refractivity contribution in [2.75, 3.05) is 6.54 Å². The number of aryl methyl sites for hydroxylation is 1. The van der Waals surface area contributed by atoms with Gasteiger partial charge in [-0.15, -0.1) is 11.3 Å². The summed E-state index contributed by atoms with van der Waals surface area (Å²) in [4.78, 5) is 0. The smallest absolute Gasteiger partial charge is 0.0768 e. The number of aromatic nitrogens is 2. The van der Waals surface area contributed by atoms with Crippen molar-refractivity contribution in [2.24, 2.45) is 0 Å². The highest BCUT2D eigenvalue weighted by Crippen LogP contribution is 2.31. The van der Waals surface area contributed by atoms with Gasteiger partial charge in [0.1, 0.15) is 0 Å². The SMILES string of the molecule is CCCn1ncc(Br)c1C(NCC)c1csc(I)c1. The maximum atomic E-state index is 4.47. The number of nitrogens with one attached hydrogen (secondary N) is 1. The second-order valence-electron chi connectivity index (χ2n) is 4.28. The fourth-order valence-electron chi connectivity index (χ4n) is 2.10. The van der Waals surface area contributed by atoms with Crippen LogP contribution in [0.25, 0.3) is 0 Å². The Morgan fingerprint density at radius 1 is 1.53 bits per heavy atom. The molecule has 104 valence electrons. The van der Waals surface area contributed by atoms with E-state index in [1.165, 1.54) is 14.1 Å². The van der Waals surface area contributed by atoms with Crippen LogP contribution in [0.2, 0.25) is 0 Å². The average Bonchev–Trinajstić information content (AvgIpc) is 2.95. The van der Waals surface area contributed by atoms with Crippen molar-refractivity contribution in [1.29, 1.82) is 0 Å². The lowest BCUT2D eigenvalue weighted by atomic mass is 10.1. The Kier molecular flexibility index (Phi) is 5.86. The van der Waals surface area contributed by atoms with E-state index < -0.39 is 0 Å². The fourth-order valence-corrected chi connectivity index (χ4v) is 4.02. The van der Waals surface area contributed by atoms with E-state index in [0.717, 1.165) is 24.0 Å². The molecule has 1 atom stereocenters. The molecule has 3 nitrogen and oxygen atoms in total. The van der Waals surface area contributed by atoms with Crippen LogP contribution in [0.3, 0.4) is 0 Å². The Hall–Kier alpha value is 0.0800. The molecule has 2 heterocycles. The monoisotopic (exact) mass is 453 g/mol. The Bertz CT molecular complexity index is 538. The molecule has 2 aromatic heterocycles. The van der Waals surface area contributed by atoms with E-state index in [1.54, 1.807) is 11.3 Å². The van der Waals surface area contributed by atoms with Crippen molar-refractivity contribution >= 4 is 49.9 Å². The number of hydrogen-bond acceptors (Lipinski definition) is 3. The molecule has 2 aromatic rings. The van der Waals surface area contributed by atoms with Gasteiger partial charge >= 0.3 is 0 Å². The highest BCUT2D eigenvalue weighted by molar-refractivity contribution is 14.1. The van der Waals surface area contributed by atoms with E-state index in [4.69, 9.17) is 0 Å². The number of hydrogen-bond donors (Lipinski definition) is 1. The summed E-state index contributed by atoms with van der Waals surface area (Å²) in [6.45, 7) is 6.19. The first-order chi connectivity index (χ1) is 9.17. The van der Waals surface area contributed by atoms with E-state index in [2.05, 4.69) is 78.9 Å². The van der Waals surface area contributed by atoms with Crippen molar-refractivity contribution < 1.29 is 0 Å². The first kappa shape index (κ1) is 15.5. The van der Waals surface area contributed by atoms with Crippen LogP contribution in [0.5, 0.6) is 0 Å². The molecule has 0 bridgehead atoms. The van der Waals surface area contributed by atoms with E-state index in [0.29, 0.717) is 0 Å². The van der Waals surface area contributed by atoms with Gasteiger partial charge in [-0.05, 0) is 68.5 Å². The average molecular weight is 454 g/mol. The maximum Gasteiger partial charge on any atom is 0.0768 e. The van der Waals surface area contributed by atoms with Crippen LogP contribution in [-0.2, 0) is 6.54 Å². The molecule has 0 aliphatic rings. The highest BCUT2D eigenvalue weighted by Gasteiger charge is 2.21. The van der Waals surface area contributed by atoms with Crippen LogP contribution in [0.15, 0.2) is 22.1 Å². The summed E-state index contributed by atoms with van der Waals surface area (Å²) in [6.07, 6.45) is 2.98. The van der Waals surface area contributed by atoms with Crippen LogP contribution in [0.4, 0.5) is 0 Å². The van der Waals surface area contributed by atoms with Gasteiger partial charge in [0.25, 0.3) is 0 Å². The molecule has 0 saturated heterocycles. The van der Waals surface area contributed by atoms with Gasteiger partial charge in [0, 0.05) is 6.54 Å². The van der Waals surface area contributed by atoms with Gasteiger partial charge in [-0.1, -0.05) is 13.8 Å². The van der Waals surface area contributed by atoms with Crippen LogP contribution < -0.4 is 5.32 Å². The summed E-state index contributed by atoms with van der Waals surface area (Å²) in [5.74, 6) is 0. The topological polar surface area (TPSA) is 29.9 Å². The molecule has 0 fully saturated rings. The molecule has 0 aliphatic carbocycles. The van der Waals surface area contributed by atoms with E-state index >= 15 is 0 Å². The third-order valence-corrected chi connectivity index (χ3v) is 5.29. The molecular weight excluding hydrogens is 437 g/mol. The Labute approximate surface area is 140 Å². The van der Waals surface area contributed by atoms with Crippen molar-refractivity contribution in [2.45, 2.75) is 32.9 Å². The molecule has 0 aliphatic heterocycles. The largest absolute Gasteiger partial charge is 0.305 e. The van der Waals surface area contributed by atoms with Gasteiger partial charge in [-0.3, -0.25) is 4.68 Å². The van der Waals surface area contributed by atoms with Crippen molar-refractivity contribution in [3.05, 3.63) is 36.3 Å². The Morgan fingerprint density at radius 2 is 2.32 bits per heavy atom. The third-order valence-electron chi connectivity index (χ3n) is 2.87. The predicted octanol–water partition coefficient (Wildman–Crippen LogP) is 4.42. The highest BCUT2D eigenvalue weighted by atomic mass is 127. The van der Waals surface area contributed by atoms with E-state index in [-0.39, 0.29) is 6.04 Å². The molecule has 0 radical (unpaired) electrons. The number of rotatable bonds is 6. The second kappa shape index (κ2) is 7.19. The lowest BCUT2D eigenvalue weighted by molar-refractivity contribution is 0.519. The second-order valence-corrected chi connectivity index (χ2v) is 7.94. The van der Waals surface area contributed by atoms with Gasteiger partial charge < -0.3 is 5.32 Å². The van der Waals surface area contributed by atoms with E-state index in [1.807, 2.05) is 6.20 Å². The van der Waals surface area contributed by atoms with Crippen LogP contribution in [0, 0.1) is 2.88 Å². The quantitative estimate of drug-likeness (QED) is 0.656. The first-order valence-electron chi connectivity index (χ1n) is 6.35. The summed E-state index contributed by atoms with van der Waals surface area (Å²) >= 11 is 7.79. The zero-order chi connectivity index (χ0) is 13.8. The Balaban J connectivity index is 2.41.